The van der Waals surface area contributed by atoms with Crippen molar-refractivity contribution >= 4 is 27.5 Å². The molecule has 0 atom stereocenters. The van der Waals surface area contributed by atoms with Crippen LogP contribution in [0.3, 0.4) is 0 Å². The lowest BCUT2D eigenvalue weighted by Gasteiger charge is -2.29. The summed E-state index contributed by atoms with van der Waals surface area (Å²) >= 11 is 0. The zero-order chi connectivity index (χ0) is 24.5. The highest BCUT2D eigenvalue weighted by molar-refractivity contribution is 6.03. The zero-order valence-corrected chi connectivity index (χ0v) is 19.4. The summed E-state index contributed by atoms with van der Waals surface area (Å²) < 4.78 is 42.0. The first-order valence-electron chi connectivity index (χ1n) is 11.3. The van der Waals surface area contributed by atoms with E-state index in [0.29, 0.717) is 47.2 Å². The predicted molar refractivity (Wildman–Crippen MR) is 131 cm³/mol. The van der Waals surface area contributed by atoms with Crippen LogP contribution in [0.4, 0.5) is 14.6 Å². The molecule has 9 heteroatoms. The van der Waals surface area contributed by atoms with Crippen molar-refractivity contribution in [3.8, 4) is 35.5 Å². The maximum Gasteiger partial charge on any atom is 0.318 e. The number of nitrogens with one attached hydrogen (secondary N) is 1. The molecule has 0 saturated carbocycles. The quantitative estimate of drug-likeness (QED) is 0.439. The second kappa shape index (κ2) is 9.31. The van der Waals surface area contributed by atoms with Gasteiger partial charge < -0.3 is 19.7 Å². The monoisotopic (exact) mass is 475 g/mol. The number of benzene rings is 2. The molecule has 2 aromatic heterocycles. The van der Waals surface area contributed by atoms with Crippen LogP contribution in [0.15, 0.2) is 30.3 Å². The third kappa shape index (κ3) is 3.86. The van der Waals surface area contributed by atoms with Gasteiger partial charge >= 0.3 is 6.01 Å². The summed E-state index contributed by atoms with van der Waals surface area (Å²) in [5.74, 6) is 1.82. The van der Waals surface area contributed by atoms with Gasteiger partial charge in [-0.1, -0.05) is 30.2 Å². The second-order valence-electron chi connectivity index (χ2n) is 7.98. The summed E-state index contributed by atoms with van der Waals surface area (Å²) in [5, 5.41) is 4.71. The Balaban J connectivity index is 1.87. The number of methoxy groups -OCH3 is 1. The number of pyridine rings is 1. The highest BCUT2D eigenvalue weighted by Gasteiger charge is 2.27. The lowest BCUT2D eigenvalue weighted by molar-refractivity contribution is 0.330. The molecule has 1 saturated heterocycles. The van der Waals surface area contributed by atoms with Crippen molar-refractivity contribution in [1.29, 1.82) is 0 Å². The fourth-order valence-electron chi connectivity index (χ4n) is 4.41. The van der Waals surface area contributed by atoms with E-state index in [1.807, 2.05) is 11.8 Å². The van der Waals surface area contributed by atoms with Crippen molar-refractivity contribution < 1.29 is 18.3 Å². The van der Waals surface area contributed by atoms with Gasteiger partial charge in [-0.05, 0) is 18.4 Å². The van der Waals surface area contributed by atoms with E-state index in [0.717, 1.165) is 13.1 Å². The number of halogens is 2. The number of nitrogens with zero attached hydrogens (tertiary/aromatic N) is 4. The van der Waals surface area contributed by atoms with Crippen LogP contribution in [0.25, 0.3) is 32.9 Å². The number of anilines is 1. The van der Waals surface area contributed by atoms with Gasteiger partial charge in [0.05, 0.1) is 19.3 Å². The maximum atomic E-state index is 16.3. The molecule has 0 aliphatic carbocycles. The summed E-state index contributed by atoms with van der Waals surface area (Å²) in [6.07, 6.45) is 5.63. The molecule has 7 nitrogen and oxygen atoms in total. The second-order valence-corrected chi connectivity index (χ2v) is 7.98. The van der Waals surface area contributed by atoms with E-state index >= 15 is 4.39 Å². The van der Waals surface area contributed by atoms with Gasteiger partial charge in [-0.3, -0.25) is 0 Å². The fourth-order valence-corrected chi connectivity index (χ4v) is 4.41. The lowest BCUT2D eigenvalue weighted by atomic mass is 9.96. The molecule has 1 aliphatic heterocycles. The van der Waals surface area contributed by atoms with Gasteiger partial charge in [-0.25, -0.2) is 13.8 Å². The number of ether oxygens (including phenoxy) is 2. The van der Waals surface area contributed by atoms with Gasteiger partial charge in [0.15, 0.2) is 5.82 Å². The topological polar surface area (TPSA) is 72.4 Å². The van der Waals surface area contributed by atoms with Gasteiger partial charge in [0.25, 0.3) is 0 Å². The lowest BCUT2D eigenvalue weighted by Crippen LogP contribution is -2.44. The molecule has 35 heavy (non-hydrogen) atoms. The zero-order valence-electron chi connectivity index (χ0n) is 19.4. The Morgan fingerprint density at radius 1 is 1.09 bits per heavy atom. The van der Waals surface area contributed by atoms with Crippen LogP contribution >= 0.6 is 0 Å². The van der Waals surface area contributed by atoms with Gasteiger partial charge in [-0.15, -0.1) is 6.42 Å². The van der Waals surface area contributed by atoms with Gasteiger partial charge in [0, 0.05) is 37.1 Å². The van der Waals surface area contributed by atoms with E-state index in [1.54, 1.807) is 24.3 Å². The third-order valence-corrected chi connectivity index (χ3v) is 5.99. The first-order valence-corrected chi connectivity index (χ1v) is 11.3. The number of fused-ring (bicyclic) bond motifs is 2. The molecule has 0 amide bonds. The maximum absolute atomic E-state index is 16.3. The van der Waals surface area contributed by atoms with E-state index in [4.69, 9.17) is 15.9 Å². The van der Waals surface area contributed by atoms with Crippen LogP contribution in [0.1, 0.15) is 12.5 Å². The Bertz CT molecular complexity index is 1480. The largest absolute Gasteiger partial charge is 0.477 e. The summed E-state index contributed by atoms with van der Waals surface area (Å²) in [6.45, 7) is 4.94. The van der Waals surface area contributed by atoms with Crippen LogP contribution in [0.5, 0.6) is 11.9 Å². The van der Waals surface area contributed by atoms with Gasteiger partial charge in [-0.2, -0.15) is 9.97 Å². The standard InChI is InChI=1S/C26H23F2N5O2/c1-4-16-18(27)10-9-15-7-6-8-17(19(15)16)22-21(28)23-20(25(30-22)35-5-2)24(32-26(31-23)34-3)33-13-11-29-12-14-33/h1,6-10,29H,5,11-14H2,2-3H3. The minimum atomic E-state index is -0.694. The Labute approximate surface area is 201 Å². The molecule has 5 rings (SSSR count). The molecule has 0 spiro atoms. The van der Waals surface area contributed by atoms with Crippen molar-refractivity contribution in [3.63, 3.8) is 0 Å². The molecule has 4 aromatic rings. The Hall–Kier alpha value is -4.03. The number of terminal acetylenes is 1. The van der Waals surface area contributed by atoms with Crippen molar-refractivity contribution in [3.05, 3.63) is 47.5 Å². The molecule has 1 fully saturated rings. The molecular formula is C26H23F2N5O2. The number of rotatable bonds is 5. The fraction of sp³-hybridized carbons (Fsp3) is 0.269. The molecule has 2 aromatic carbocycles. The SMILES string of the molecule is C#Cc1c(F)ccc2cccc(-c3nc(OCC)c4c(N5CCNCC5)nc(OC)nc4c3F)c12. The van der Waals surface area contributed by atoms with E-state index < -0.39 is 11.6 Å². The van der Waals surface area contributed by atoms with Crippen molar-refractivity contribution in [2.24, 2.45) is 0 Å². The van der Waals surface area contributed by atoms with Crippen LogP contribution in [0, 0.1) is 24.0 Å². The van der Waals surface area contributed by atoms with Crippen molar-refractivity contribution in [2.45, 2.75) is 6.92 Å². The minimum absolute atomic E-state index is 0.00879. The van der Waals surface area contributed by atoms with Crippen LogP contribution in [-0.4, -0.2) is 54.8 Å². The molecule has 3 heterocycles. The van der Waals surface area contributed by atoms with E-state index in [-0.39, 0.29) is 28.7 Å². The van der Waals surface area contributed by atoms with Crippen molar-refractivity contribution in [1.82, 2.24) is 20.3 Å². The minimum Gasteiger partial charge on any atom is -0.477 e. The average molecular weight is 475 g/mol. The van der Waals surface area contributed by atoms with Gasteiger partial charge in [0.1, 0.15) is 28.2 Å². The Kier molecular flexibility index (Phi) is 6.05. The number of hydrogen-bond acceptors (Lipinski definition) is 7. The number of hydrogen-bond donors (Lipinski definition) is 1. The third-order valence-electron chi connectivity index (χ3n) is 5.99. The molecule has 178 valence electrons. The Morgan fingerprint density at radius 2 is 1.89 bits per heavy atom. The average Bonchev–Trinajstić information content (AvgIpc) is 2.90. The Morgan fingerprint density at radius 3 is 2.60 bits per heavy atom. The summed E-state index contributed by atoms with van der Waals surface area (Å²) in [7, 11) is 1.43. The highest BCUT2D eigenvalue weighted by atomic mass is 19.1. The molecule has 0 bridgehead atoms. The predicted octanol–water partition coefficient (Wildman–Crippen LogP) is 3.92. The summed E-state index contributed by atoms with van der Waals surface area (Å²) in [4.78, 5) is 15.5. The van der Waals surface area contributed by atoms with Crippen LogP contribution < -0.4 is 19.7 Å². The first kappa shape index (κ1) is 22.7. The van der Waals surface area contributed by atoms with E-state index in [1.165, 1.54) is 13.2 Å². The van der Waals surface area contributed by atoms with Gasteiger partial charge in [0.2, 0.25) is 5.88 Å². The van der Waals surface area contributed by atoms with E-state index in [9.17, 15) is 4.39 Å². The highest BCUT2D eigenvalue weighted by Crippen LogP contribution is 2.40. The molecule has 1 N–H and O–H groups in total. The molecule has 1 aliphatic rings. The molecule has 0 unspecified atom stereocenters. The van der Waals surface area contributed by atoms with Crippen LogP contribution in [-0.2, 0) is 0 Å². The van der Waals surface area contributed by atoms with E-state index in [2.05, 4.69) is 26.2 Å². The summed E-state index contributed by atoms with van der Waals surface area (Å²) in [5.41, 5.74) is 0.353. The van der Waals surface area contributed by atoms with Crippen molar-refractivity contribution in [2.75, 3.05) is 44.8 Å². The molecular weight excluding hydrogens is 452 g/mol. The summed E-state index contributed by atoms with van der Waals surface area (Å²) in [6, 6.07) is 8.12. The normalized spacial score (nSPS) is 13.7. The first-order chi connectivity index (χ1) is 17.1. The number of piperazine rings is 1. The number of aromatic nitrogens is 3. The molecule has 0 radical (unpaired) electrons. The van der Waals surface area contributed by atoms with Crippen LogP contribution in [0.2, 0.25) is 0 Å². The smallest absolute Gasteiger partial charge is 0.318 e.